The molecule has 1 aliphatic rings. The monoisotopic (exact) mass is 334 g/mol. The summed E-state index contributed by atoms with van der Waals surface area (Å²) in [5.41, 5.74) is 5.23. The highest BCUT2D eigenvalue weighted by Gasteiger charge is 2.36. The molecule has 1 fully saturated rings. The fourth-order valence-electron chi connectivity index (χ4n) is 2.51. The summed E-state index contributed by atoms with van der Waals surface area (Å²) in [7, 11) is -4.24. The lowest BCUT2D eigenvalue weighted by molar-refractivity contribution is -0.917. The number of quaternary nitrogens is 1. The number of nitrogens with zero attached hydrogens (tertiary/aromatic N) is 1. The van der Waals surface area contributed by atoms with E-state index in [1.807, 2.05) is 0 Å². The van der Waals surface area contributed by atoms with Crippen LogP contribution in [0.2, 0.25) is 0 Å². The number of carbonyl (C=O) groups is 1. The van der Waals surface area contributed by atoms with Crippen LogP contribution in [0, 0.1) is 11.6 Å². The van der Waals surface area contributed by atoms with Crippen LogP contribution in [0.5, 0.6) is 0 Å². The smallest absolute Gasteiger partial charge is 0.275 e. The molecule has 1 amide bonds. The molecule has 3 N–H and O–H groups in total. The summed E-state index contributed by atoms with van der Waals surface area (Å²) >= 11 is 0. The molecular weight excluding hydrogens is 316 g/mol. The van der Waals surface area contributed by atoms with Crippen molar-refractivity contribution < 1.29 is 26.9 Å². The zero-order valence-corrected chi connectivity index (χ0v) is 12.9. The van der Waals surface area contributed by atoms with Gasteiger partial charge in [-0.2, -0.15) is 4.31 Å². The van der Waals surface area contributed by atoms with Crippen LogP contribution >= 0.6 is 0 Å². The first-order valence-corrected chi connectivity index (χ1v) is 8.27. The second-order valence-electron chi connectivity index (χ2n) is 5.24. The molecule has 1 aromatic carbocycles. The summed E-state index contributed by atoms with van der Waals surface area (Å²) in [6, 6.07) is 2.49. The average Bonchev–Trinajstić information content (AvgIpc) is 2.46. The molecule has 22 heavy (non-hydrogen) atoms. The predicted octanol–water partition coefficient (Wildman–Crippen LogP) is -1.27. The molecule has 0 aromatic heterocycles. The summed E-state index contributed by atoms with van der Waals surface area (Å²) in [5, 5.41) is 0. The van der Waals surface area contributed by atoms with Crippen molar-refractivity contribution in [3.63, 3.8) is 0 Å². The predicted molar refractivity (Wildman–Crippen MR) is 74.5 cm³/mol. The highest BCUT2D eigenvalue weighted by molar-refractivity contribution is 7.89. The van der Waals surface area contributed by atoms with Gasteiger partial charge in [0.25, 0.3) is 5.91 Å². The topological polar surface area (TPSA) is 84.9 Å². The maximum atomic E-state index is 13.7. The number of carbonyl (C=O) groups excluding carboxylic acids is 1. The van der Waals surface area contributed by atoms with Gasteiger partial charge in [0.1, 0.15) is 11.6 Å². The molecular formula is C13H18F2N3O3S+. The zero-order chi connectivity index (χ0) is 16.5. The SMILES string of the molecule is C[C@@H](C(N)=O)[NH+]1CCN(S(=O)(=O)c2c(F)cccc2F)CC1. The van der Waals surface area contributed by atoms with Crippen molar-refractivity contribution in [3.8, 4) is 0 Å². The van der Waals surface area contributed by atoms with Gasteiger partial charge in [-0.05, 0) is 19.1 Å². The number of sulfonamides is 1. The third-order valence-corrected chi connectivity index (χ3v) is 5.87. The number of hydrogen-bond donors (Lipinski definition) is 2. The lowest BCUT2D eigenvalue weighted by Gasteiger charge is -2.33. The summed E-state index contributed by atoms with van der Waals surface area (Å²) < 4.78 is 53.2. The molecule has 0 radical (unpaired) electrons. The number of nitrogens with one attached hydrogen (secondary N) is 1. The molecule has 1 heterocycles. The van der Waals surface area contributed by atoms with E-state index in [2.05, 4.69) is 0 Å². The third kappa shape index (κ3) is 3.11. The van der Waals surface area contributed by atoms with Crippen molar-refractivity contribution in [2.45, 2.75) is 17.9 Å². The number of piperazine rings is 1. The fraction of sp³-hybridized carbons (Fsp3) is 0.462. The van der Waals surface area contributed by atoms with E-state index in [-0.39, 0.29) is 13.1 Å². The molecule has 0 spiro atoms. The van der Waals surface area contributed by atoms with Gasteiger partial charge in [-0.15, -0.1) is 0 Å². The van der Waals surface area contributed by atoms with Gasteiger partial charge < -0.3 is 10.6 Å². The first-order chi connectivity index (χ1) is 10.2. The van der Waals surface area contributed by atoms with E-state index in [1.54, 1.807) is 6.92 Å². The van der Waals surface area contributed by atoms with Crippen molar-refractivity contribution in [1.82, 2.24) is 4.31 Å². The normalized spacial score (nSPS) is 19.0. The van der Waals surface area contributed by atoms with Gasteiger partial charge >= 0.3 is 0 Å². The van der Waals surface area contributed by atoms with E-state index >= 15 is 0 Å². The highest BCUT2D eigenvalue weighted by Crippen LogP contribution is 2.22. The van der Waals surface area contributed by atoms with Gasteiger partial charge in [0.2, 0.25) is 10.0 Å². The number of hydrogen-bond acceptors (Lipinski definition) is 3. The first-order valence-electron chi connectivity index (χ1n) is 6.83. The number of halogens is 2. The van der Waals surface area contributed by atoms with E-state index in [4.69, 9.17) is 5.73 Å². The van der Waals surface area contributed by atoms with Crippen molar-refractivity contribution in [3.05, 3.63) is 29.8 Å². The van der Waals surface area contributed by atoms with E-state index in [1.165, 1.54) is 0 Å². The van der Waals surface area contributed by atoms with Crippen molar-refractivity contribution in [1.29, 1.82) is 0 Å². The molecule has 1 aromatic rings. The van der Waals surface area contributed by atoms with E-state index < -0.39 is 38.5 Å². The highest BCUT2D eigenvalue weighted by atomic mass is 32.2. The molecule has 1 saturated heterocycles. The number of benzene rings is 1. The Balaban J connectivity index is 2.19. The average molecular weight is 334 g/mol. The Bertz CT molecular complexity index is 653. The van der Waals surface area contributed by atoms with Crippen LogP contribution in [0.1, 0.15) is 6.92 Å². The summed E-state index contributed by atoms with van der Waals surface area (Å²) in [5.74, 6) is -2.69. The van der Waals surface area contributed by atoms with Gasteiger partial charge in [0.05, 0.1) is 26.2 Å². The molecule has 6 nitrogen and oxygen atoms in total. The summed E-state index contributed by atoms with van der Waals surface area (Å²) in [6.07, 6.45) is 0. The van der Waals surface area contributed by atoms with Crippen LogP contribution in [0.3, 0.4) is 0 Å². The third-order valence-electron chi connectivity index (χ3n) is 3.92. The minimum Gasteiger partial charge on any atom is -0.365 e. The fourth-order valence-corrected chi connectivity index (χ4v) is 4.06. The van der Waals surface area contributed by atoms with Crippen molar-refractivity contribution in [2.75, 3.05) is 26.2 Å². The van der Waals surface area contributed by atoms with Gasteiger partial charge in [-0.3, -0.25) is 4.79 Å². The Morgan fingerprint density at radius 3 is 2.23 bits per heavy atom. The van der Waals surface area contributed by atoms with Crippen LogP contribution in [0.15, 0.2) is 23.1 Å². The minimum absolute atomic E-state index is 0.0725. The van der Waals surface area contributed by atoms with Gasteiger partial charge in [0.15, 0.2) is 10.9 Å². The number of amides is 1. The number of nitrogens with two attached hydrogens (primary N) is 1. The van der Waals surface area contributed by atoms with E-state index in [9.17, 15) is 22.0 Å². The van der Waals surface area contributed by atoms with Crippen LogP contribution in [0.4, 0.5) is 8.78 Å². The van der Waals surface area contributed by atoms with Gasteiger partial charge in [0, 0.05) is 0 Å². The molecule has 1 aliphatic heterocycles. The van der Waals surface area contributed by atoms with Crippen LogP contribution in [-0.2, 0) is 14.8 Å². The number of rotatable bonds is 4. The first kappa shape index (κ1) is 16.8. The second-order valence-corrected chi connectivity index (χ2v) is 7.11. The van der Waals surface area contributed by atoms with E-state index in [0.29, 0.717) is 13.1 Å². The maximum absolute atomic E-state index is 13.7. The second kappa shape index (κ2) is 6.27. The van der Waals surface area contributed by atoms with Crippen molar-refractivity contribution >= 4 is 15.9 Å². The van der Waals surface area contributed by atoms with Crippen LogP contribution in [-0.4, -0.2) is 50.9 Å². The standard InChI is InChI=1S/C13H17F2N3O3S/c1-9(13(16)19)17-5-7-18(8-6-17)22(20,21)12-10(14)3-2-4-11(12)15/h2-4,9H,5-8H2,1H3,(H2,16,19)/p+1/t9-/m0/s1. The Labute approximate surface area is 127 Å². The Morgan fingerprint density at radius 2 is 1.77 bits per heavy atom. The maximum Gasteiger partial charge on any atom is 0.275 e. The lowest BCUT2D eigenvalue weighted by Crippen LogP contribution is -3.19. The molecule has 0 unspecified atom stereocenters. The molecule has 9 heteroatoms. The minimum atomic E-state index is -4.24. The molecule has 0 bridgehead atoms. The Hall–Kier alpha value is -1.58. The quantitative estimate of drug-likeness (QED) is 0.720. The van der Waals surface area contributed by atoms with Gasteiger partial charge in [-0.25, -0.2) is 17.2 Å². The molecule has 122 valence electrons. The Morgan fingerprint density at radius 1 is 1.27 bits per heavy atom. The van der Waals surface area contributed by atoms with Crippen LogP contribution in [0.25, 0.3) is 0 Å². The Kier molecular flexibility index (Phi) is 4.78. The zero-order valence-electron chi connectivity index (χ0n) is 12.1. The summed E-state index contributed by atoms with van der Waals surface area (Å²) in [6.45, 7) is 2.50. The molecule has 1 atom stereocenters. The molecule has 0 saturated carbocycles. The number of primary amides is 1. The molecule has 0 aliphatic carbocycles. The largest absolute Gasteiger partial charge is 0.365 e. The lowest BCUT2D eigenvalue weighted by atomic mass is 10.2. The van der Waals surface area contributed by atoms with Gasteiger partial charge in [-0.1, -0.05) is 6.07 Å². The summed E-state index contributed by atoms with van der Waals surface area (Å²) in [4.78, 5) is 11.1. The van der Waals surface area contributed by atoms with Crippen LogP contribution < -0.4 is 10.6 Å². The van der Waals surface area contributed by atoms with E-state index in [0.717, 1.165) is 27.4 Å². The van der Waals surface area contributed by atoms with Crippen molar-refractivity contribution in [2.24, 2.45) is 5.73 Å². The molecule has 2 rings (SSSR count).